The number of benzene rings is 1. The molecule has 0 saturated heterocycles. The Balaban J connectivity index is 2.21. The summed E-state index contributed by atoms with van der Waals surface area (Å²) in [6, 6.07) is 6.45. The predicted molar refractivity (Wildman–Crippen MR) is 57.2 cm³/mol. The van der Waals surface area contributed by atoms with Gasteiger partial charge in [-0.2, -0.15) is 5.10 Å². The molecule has 0 radical (unpaired) electrons. The van der Waals surface area contributed by atoms with Crippen LogP contribution in [0.5, 0.6) is 11.5 Å². The summed E-state index contributed by atoms with van der Waals surface area (Å²) < 4.78 is 1.64. The molecule has 76 valence electrons. The highest BCUT2D eigenvalue weighted by Gasteiger charge is 1.97. The van der Waals surface area contributed by atoms with E-state index in [2.05, 4.69) is 5.10 Å². The lowest BCUT2D eigenvalue weighted by molar-refractivity contribution is 0.403. The highest BCUT2D eigenvalue weighted by atomic mass is 16.3. The normalized spacial score (nSPS) is 10.9. The van der Waals surface area contributed by atoms with Crippen molar-refractivity contribution in [2.45, 2.75) is 0 Å². The van der Waals surface area contributed by atoms with Crippen molar-refractivity contribution in [3.05, 3.63) is 42.2 Å². The average molecular weight is 202 g/mol. The summed E-state index contributed by atoms with van der Waals surface area (Å²) in [5, 5.41) is 22.3. The molecule has 4 nitrogen and oxygen atoms in total. The van der Waals surface area contributed by atoms with Crippen molar-refractivity contribution in [3.8, 4) is 11.5 Å². The number of nitrogens with zero attached hydrogens (tertiary/aromatic N) is 2. The van der Waals surface area contributed by atoms with E-state index in [1.165, 1.54) is 12.1 Å². The molecule has 0 aliphatic heterocycles. The van der Waals surface area contributed by atoms with Crippen molar-refractivity contribution >= 4 is 12.3 Å². The van der Waals surface area contributed by atoms with Crippen LogP contribution in [-0.4, -0.2) is 20.0 Å². The van der Waals surface area contributed by atoms with Gasteiger partial charge in [0.2, 0.25) is 0 Å². The molecule has 4 heteroatoms. The smallest absolute Gasteiger partial charge is 0.157 e. The lowest BCUT2D eigenvalue weighted by Gasteiger charge is -1.98. The number of rotatable bonds is 2. The van der Waals surface area contributed by atoms with Gasteiger partial charge in [-0.3, -0.25) is 0 Å². The molecule has 0 bridgehead atoms. The van der Waals surface area contributed by atoms with Crippen molar-refractivity contribution in [2.75, 3.05) is 0 Å². The van der Waals surface area contributed by atoms with Crippen LogP contribution in [0.2, 0.25) is 0 Å². The number of aromatic hydroxyl groups is 2. The molecule has 0 fully saturated rings. The number of aromatic nitrogens is 2. The monoisotopic (exact) mass is 202 g/mol. The summed E-state index contributed by atoms with van der Waals surface area (Å²) in [6.07, 6.45) is 7.02. The van der Waals surface area contributed by atoms with E-state index in [-0.39, 0.29) is 11.5 Å². The molecule has 0 unspecified atom stereocenters. The van der Waals surface area contributed by atoms with E-state index in [0.717, 1.165) is 5.56 Å². The maximum Gasteiger partial charge on any atom is 0.157 e. The first-order chi connectivity index (χ1) is 7.25. The van der Waals surface area contributed by atoms with Crippen LogP contribution >= 0.6 is 0 Å². The molecule has 0 spiro atoms. The fourth-order valence-corrected chi connectivity index (χ4v) is 1.18. The Morgan fingerprint density at radius 2 is 2.07 bits per heavy atom. The third-order valence-corrected chi connectivity index (χ3v) is 1.94. The van der Waals surface area contributed by atoms with Gasteiger partial charge in [-0.15, -0.1) is 0 Å². The van der Waals surface area contributed by atoms with Gasteiger partial charge in [0.15, 0.2) is 11.5 Å². The SMILES string of the molecule is Oc1ccc(/C=C/n2cccn2)cc1O. The molecule has 0 saturated carbocycles. The van der Waals surface area contributed by atoms with E-state index >= 15 is 0 Å². The molecule has 0 atom stereocenters. The summed E-state index contributed by atoms with van der Waals surface area (Å²) in [5.41, 5.74) is 0.792. The standard InChI is InChI=1S/C11H10N2O2/c14-10-3-2-9(8-11(10)15)4-7-13-6-1-5-12-13/h1-8,14-15H/b7-4+. The van der Waals surface area contributed by atoms with Gasteiger partial charge in [0.1, 0.15) is 0 Å². The number of hydrogen-bond acceptors (Lipinski definition) is 3. The molecule has 2 N–H and O–H groups in total. The maximum absolute atomic E-state index is 9.25. The lowest BCUT2D eigenvalue weighted by Crippen LogP contribution is -1.84. The molecular weight excluding hydrogens is 192 g/mol. The van der Waals surface area contributed by atoms with Crippen LogP contribution in [0.15, 0.2) is 36.7 Å². The molecule has 2 aromatic rings. The van der Waals surface area contributed by atoms with E-state index in [0.29, 0.717) is 0 Å². The Bertz CT molecular complexity index is 475. The Kier molecular flexibility index (Phi) is 2.41. The second kappa shape index (κ2) is 3.88. The van der Waals surface area contributed by atoms with Crippen LogP contribution in [0.4, 0.5) is 0 Å². The maximum atomic E-state index is 9.25. The van der Waals surface area contributed by atoms with Gasteiger partial charge < -0.3 is 10.2 Å². The molecule has 0 amide bonds. The molecule has 0 aliphatic rings. The number of hydrogen-bond donors (Lipinski definition) is 2. The summed E-state index contributed by atoms with van der Waals surface area (Å²) in [6.45, 7) is 0. The Morgan fingerprint density at radius 1 is 1.20 bits per heavy atom. The molecule has 2 rings (SSSR count). The van der Waals surface area contributed by atoms with Gasteiger partial charge >= 0.3 is 0 Å². The Morgan fingerprint density at radius 3 is 2.73 bits per heavy atom. The van der Waals surface area contributed by atoms with Crippen LogP contribution in [0.25, 0.3) is 12.3 Å². The lowest BCUT2D eigenvalue weighted by atomic mass is 10.2. The molecule has 1 aromatic heterocycles. The minimum atomic E-state index is -0.127. The molecule has 15 heavy (non-hydrogen) atoms. The summed E-state index contributed by atoms with van der Waals surface area (Å²) in [4.78, 5) is 0. The first-order valence-electron chi connectivity index (χ1n) is 4.45. The van der Waals surface area contributed by atoms with Crippen molar-refractivity contribution < 1.29 is 10.2 Å². The zero-order chi connectivity index (χ0) is 10.7. The van der Waals surface area contributed by atoms with Crippen LogP contribution in [0.3, 0.4) is 0 Å². The fraction of sp³-hybridized carbons (Fsp3) is 0. The van der Waals surface area contributed by atoms with Crippen LogP contribution in [0, 0.1) is 0 Å². The van der Waals surface area contributed by atoms with Crippen molar-refractivity contribution in [2.24, 2.45) is 0 Å². The van der Waals surface area contributed by atoms with Gasteiger partial charge in [-0.1, -0.05) is 6.07 Å². The average Bonchev–Trinajstić information content (AvgIpc) is 2.73. The van der Waals surface area contributed by atoms with E-state index in [1.54, 1.807) is 35.4 Å². The molecule has 1 aromatic carbocycles. The second-order valence-corrected chi connectivity index (χ2v) is 3.05. The predicted octanol–water partition coefficient (Wildman–Crippen LogP) is 1.92. The largest absolute Gasteiger partial charge is 0.504 e. The Hall–Kier alpha value is -2.23. The second-order valence-electron chi connectivity index (χ2n) is 3.05. The minimum Gasteiger partial charge on any atom is -0.504 e. The molecule has 1 heterocycles. The van der Waals surface area contributed by atoms with Crippen LogP contribution in [-0.2, 0) is 0 Å². The van der Waals surface area contributed by atoms with Gasteiger partial charge in [0, 0.05) is 18.6 Å². The van der Waals surface area contributed by atoms with Crippen LogP contribution < -0.4 is 0 Å². The first-order valence-corrected chi connectivity index (χ1v) is 4.45. The van der Waals surface area contributed by atoms with E-state index in [9.17, 15) is 5.11 Å². The summed E-state index contributed by atoms with van der Waals surface area (Å²) in [7, 11) is 0. The van der Waals surface area contributed by atoms with E-state index in [4.69, 9.17) is 5.11 Å². The van der Waals surface area contributed by atoms with Crippen molar-refractivity contribution in [1.82, 2.24) is 9.78 Å². The van der Waals surface area contributed by atoms with Gasteiger partial charge in [0.05, 0.1) is 0 Å². The molecular formula is C11H10N2O2. The number of phenolic OH excluding ortho intramolecular Hbond substituents is 2. The minimum absolute atomic E-state index is 0.119. The van der Waals surface area contributed by atoms with E-state index in [1.807, 2.05) is 6.07 Å². The highest BCUT2D eigenvalue weighted by Crippen LogP contribution is 2.25. The van der Waals surface area contributed by atoms with Gasteiger partial charge in [-0.05, 0) is 29.8 Å². The summed E-state index contributed by atoms with van der Waals surface area (Å²) in [5.74, 6) is -0.246. The van der Waals surface area contributed by atoms with E-state index < -0.39 is 0 Å². The third-order valence-electron chi connectivity index (χ3n) is 1.94. The molecule has 0 aliphatic carbocycles. The highest BCUT2D eigenvalue weighted by molar-refractivity contribution is 5.62. The van der Waals surface area contributed by atoms with Crippen molar-refractivity contribution in [1.29, 1.82) is 0 Å². The zero-order valence-corrected chi connectivity index (χ0v) is 7.91. The summed E-state index contributed by atoms with van der Waals surface area (Å²) >= 11 is 0. The topological polar surface area (TPSA) is 58.3 Å². The fourth-order valence-electron chi connectivity index (χ4n) is 1.18. The third kappa shape index (κ3) is 2.17. The van der Waals surface area contributed by atoms with Crippen molar-refractivity contribution in [3.63, 3.8) is 0 Å². The van der Waals surface area contributed by atoms with Crippen LogP contribution in [0.1, 0.15) is 5.56 Å². The zero-order valence-electron chi connectivity index (χ0n) is 7.91. The van der Waals surface area contributed by atoms with Gasteiger partial charge in [-0.25, -0.2) is 4.68 Å². The quantitative estimate of drug-likeness (QED) is 0.731. The van der Waals surface area contributed by atoms with Gasteiger partial charge in [0.25, 0.3) is 0 Å². The Labute approximate surface area is 86.7 Å². The number of phenols is 2. The first kappa shape index (κ1) is 9.33.